The fraction of sp³-hybridized carbons (Fsp3) is 0.143. The Morgan fingerprint density at radius 1 is 1.21 bits per heavy atom. The highest BCUT2D eigenvalue weighted by Gasteiger charge is 2.46. The number of methoxy groups -OCH3 is 1. The van der Waals surface area contributed by atoms with E-state index >= 15 is 0 Å². The van der Waals surface area contributed by atoms with Gasteiger partial charge in [0.25, 0.3) is 5.91 Å². The van der Waals surface area contributed by atoms with Gasteiger partial charge in [-0.05, 0) is 41.6 Å². The first-order valence-corrected chi connectivity index (χ1v) is 10.5. The number of hydrazone groups is 1. The Bertz CT molecular complexity index is 1240. The van der Waals surface area contributed by atoms with Gasteiger partial charge in [0.2, 0.25) is 10.2 Å². The average Bonchev–Trinajstić information content (AvgIpc) is 3.21. The monoisotopic (exact) mass is 494 g/mol. The van der Waals surface area contributed by atoms with E-state index in [-0.39, 0.29) is 29.1 Å². The molecule has 2 aromatic rings. The molecule has 1 amide bonds. The maximum absolute atomic E-state index is 12.9. The number of halogens is 4. The van der Waals surface area contributed by atoms with Gasteiger partial charge in [0.15, 0.2) is 17.3 Å². The van der Waals surface area contributed by atoms with Crippen LogP contribution >= 0.6 is 23.4 Å². The molecular formula is C21H14ClF3N4O3S. The Balaban J connectivity index is 1.58. The summed E-state index contributed by atoms with van der Waals surface area (Å²) in [6.45, 7) is 0.198. The fourth-order valence-corrected chi connectivity index (χ4v) is 3.89. The highest BCUT2D eigenvalue weighted by molar-refractivity contribution is 8.27. The Morgan fingerprint density at radius 2 is 1.97 bits per heavy atom. The van der Waals surface area contributed by atoms with Crippen molar-refractivity contribution in [2.45, 2.75) is 12.8 Å². The van der Waals surface area contributed by atoms with Crippen LogP contribution in [0.15, 0.2) is 58.1 Å². The van der Waals surface area contributed by atoms with Crippen molar-refractivity contribution in [3.63, 3.8) is 0 Å². The molecular weight excluding hydrogens is 481 g/mol. The van der Waals surface area contributed by atoms with Gasteiger partial charge in [0, 0.05) is 10.6 Å². The molecule has 0 aliphatic carbocycles. The van der Waals surface area contributed by atoms with E-state index in [4.69, 9.17) is 26.5 Å². The first-order valence-electron chi connectivity index (χ1n) is 9.29. The Morgan fingerprint density at radius 3 is 2.67 bits per heavy atom. The first kappa shape index (κ1) is 22.9. The van der Waals surface area contributed by atoms with Crippen LogP contribution in [0.4, 0.5) is 13.2 Å². The largest absolute Gasteiger partial charge is 0.493 e. The van der Waals surface area contributed by atoms with Gasteiger partial charge in [-0.25, -0.2) is 0 Å². The van der Waals surface area contributed by atoms with Crippen LogP contribution in [-0.2, 0) is 11.4 Å². The normalized spacial score (nSPS) is 17.1. The smallest absolute Gasteiger partial charge is 0.441 e. The molecule has 2 aliphatic heterocycles. The summed E-state index contributed by atoms with van der Waals surface area (Å²) in [5, 5.41) is 11.3. The number of nitrogens with one attached hydrogen (secondary N) is 1. The molecule has 0 unspecified atom stereocenters. The second-order valence-electron chi connectivity index (χ2n) is 6.71. The zero-order valence-corrected chi connectivity index (χ0v) is 18.4. The summed E-state index contributed by atoms with van der Waals surface area (Å²) in [6, 6.07) is 12.0. The van der Waals surface area contributed by atoms with Gasteiger partial charge in [-0.1, -0.05) is 35.9 Å². The van der Waals surface area contributed by atoms with Crippen LogP contribution in [0.1, 0.15) is 11.1 Å². The van der Waals surface area contributed by atoms with Crippen molar-refractivity contribution < 1.29 is 27.4 Å². The van der Waals surface area contributed by atoms with E-state index in [0.717, 1.165) is 5.56 Å². The zero-order valence-electron chi connectivity index (χ0n) is 16.8. The molecule has 0 saturated heterocycles. The third kappa shape index (κ3) is 4.74. The minimum absolute atomic E-state index is 0.196. The van der Waals surface area contributed by atoms with Crippen molar-refractivity contribution in [1.29, 1.82) is 5.41 Å². The number of alkyl halides is 3. The minimum Gasteiger partial charge on any atom is -0.493 e. The summed E-state index contributed by atoms with van der Waals surface area (Å²) < 4.78 is 50.0. The summed E-state index contributed by atoms with van der Waals surface area (Å²) in [5.41, 5.74) is 1.03. The lowest BCUT2D eigenvalue weighted by molar-refractivity contribution is -0.114. The van der Waals surface area contributed by atoms with Crippen molar-refractivity contribution in [3.8, 4) is 11.5 Å². The highest BCUT2D eigenvalue weighted by Crippen LogP contribution is 2.36. The zero-order chi connectivity index (χ0) is 23.8. The van der Waals surface area contributed by atoms with Crippen molar-refractivity contribution in [2.24, 2.45) is 10.1 Å². The Hall–Kier alpha value is -3.31. The number of amides is 1. The maximum atomic E-state index is 12.9. The molecule has 0 atom stereocenters. The van der Waals surface area contributed by atoms with E-state index in [1.54, 1.807) is 24.3 Å². The average molecular weight is 495 g/mol. The van der Waals surface area contributed by atoms with Gasteiger partial charge in [-0.3, -0.25) is 10.2 Å². The molecule has 1 N–H and O–H groups in total. The third-order valence-electron chi connectivity index (χ3n) is 4.54. The van der Waals surface area contributed by atoms with Crippen molar-refractivity contribution in [1.82, 2.24) is 5.01 Å². The molecule has 2 aliphatic rings. The number of ether oxygens (including phenoxy) is 2. The molecule has 0 bridgehead atoms. The number of rotatable bonds is 5. The van der Waals surface area contributed by atoms with Gasteiger partial charge in [0.1, 0.15) is 6.61 Å². The molecule has 2 heterocycles. The quantitative estimate of drug-likeness (QED) is 0.584. The number of carbonyl (C=O) groups excluding carboxylic acids is 1. The number of hydrogen-bond acceptors (Lipinski definition) is 6. The highest BCUT2D eigenvalue weighted by atomic mass is 35.5. The van der Waals surface area contributed by atoms with Crippen LogP contribution in [0.2, 0.25) is 5.02 Å². The molecule has 12 heteroatoms. The van der Waals surface area contributed by atoms with E-state index in [9.17, 15) is 18.0 Å². The van der Waals surface area contributed by atoms with Crippen LogP contribution < -0.4 is 9.47 Å². The van der Waals surface area contributed by atoms with E-state index in [1.807, 2.05) is 18.2 Å². The minimum atomic E-state index is -4.70. The predicted molar refractivity (Wildman–Crippen MR) is 120 cm³/mol. The van der Waals surface area contributed by atoms with Gasteiger partial charge >= 0.3 is 6.18 Å². The van der Waals surface area contributed by atoms with Crippen LogP contribution in [0.5, 0.6) is 11.5 Å². The number of nitrogens with zero attached hydrogens (tertiary/aromatic N) is 3. The molecule has 0 fully saturated rings. The van der Waals surface area contributed by atoms with E-state index in [0.29, 0.717) is 27.1 Å². The number of aliphatic imine (C=N–C) groups is 1. The summed E-state index contributed by atoms with van der Waals surface area (Å²) in [6.07, 6.45) is -3.37. The number of benzene rings is 2. The molecule has 0 aromatic heterocycles. The van der Waals surface area contributed by atoms with Crippen molar-refractivity contribution in [2.75, 3.05) is 7.11 Å². The molecule has 7 nitrogen and oxygen atoms in total. The van der Waals surface area contributed by atoms with Gasteiger partial charge in [-0.2, -0.15) is 28.3 Å². The van der Waals surface area contributed by atoms with Crippen LogP contribution in [-0.4, -0.2) is 40.2 Å². The first-order chi connectivity index (χ1) is 15.7. The van der Waals surface area contributed by atoms with Crippen LogP contribution in [0.25, 0.3) is 6.08 Å². The second-order valence-corrected chi connectivity index (χ2v) is 8.08. The Kier molecular flexibility index (Phi) is 6.17. The number of hydrogen-bond donors (Lipinski definition) is 1. The van der Waals surface area contributed by atoms with Crippen molar-refractivity contribution >= 4 is 51.4 Å². The second kappa shape index (κ2) is 8.91. The third-order valence-corrected chi connectivity index (χ3v) is 5.86. The number of amidine groups is 2. The summed E-state index contributed by atoms with van der Waals surface area (Å²) >= 11 is 6.33. The lowest BCUT2D eigenvalue weighted by Gasteiger charge is -2.20. The molecule has 0 radical (unpaired) electrons. The topological polar surface area (TPSA) is 87.3 Å². The molecule has 0 saturated carbocycles. The molecule has 33 heavy (non-hydrogen) atoms. The Labute approximate surface area is 195 Å². The van der Waals surface area contributed by atoms with Crippen molar-refractivity contribution in [3.05, 3.63) is 64.2 Å². The van der Waals surface area contributed by atoms with E-state index in [2.05, 4.69) is 10.1 Å². The van der Waals surface area contributed by atoms with Gasteiger partial charge < -0.3 is 9.47 Å². The van der Waals surface area contributed by atoms with Gasteiger partial charge in [0.05, 0.1) is 12.7 Å². The van der Waals surface area contributed by atoms with E-state index < -0.39 is 23.0 Å². The fourth-order valence-electron chi connectivity index (χ4n) is 2.94. The lowest BCUT2D eigenvalue weighted by Crippen LogP contribution is -2.35. The van der Waals surface area contributed by atoms with Gasteiger partial charge in [-0.15, -0.1) is 0 Å². The maximum Gasteiger partial charge on any atom is 0.441 e. The molecule has 0 spiro atoms. The SMILES string of the molecule is COc1cc(C=C2C(=N)N3N=C(C(F)(F)F)SC3=NC2=O)ccc1OCc1ccccc1Cl. The standard InChI is InChI=1S/C21H14ClF3N4O3S/c1-31-16-9-11(6-7-15(16)32-10-12-4-2-3-5-14(12)22)8-13-17(26)29-20(27-18(13)30)33-19(28-29)21(23,24)25/h2-9,26H,10H2,1H3. The van der Waals surface area contributed by atoms with E-state index in [1.165, 1.54) is 13.2 Å². The molecule has 4 rings (SSSR count). The molecule has 170 valence electrons. The summed E-state index contributed by atoms with van der Waals surface area (Å²) in [4.78, 5) is 16.0. The summed E-state index contributed by atoms with van der Waals surface area (Å²) in [7, 11) is 1.44. The number of thioether (sulfide) groups is 1. The number of fused-ring (bicyclic) bond motifs is 1. The molecule has 2 aromatic carbocycles. The van der Waals surface area contributed by atoms with Crippen LogP contribution in [0.3, 0.4) is 0 Å². The van der Waals surface area contributed by atoms with Crippen LogP contribution in [0, 0.1) is 5.41 Å². The number of carbonyl (C=O) groups is 1. The lowest BCUT2D eigenvalue weighted by atomic mass is 10.1. The predicted octanol–water partition coefficient (Wildman–Crippen LogP) is 5.11. The summed E-state index contributed by atoms with van der Waals surface area (Å²) in [5.74, 6) is -0.574.